The first-order chi connectivity index (χ1) is 7.44. The maximum atomic E-state index is 5.20. The largest absolute Gasteiger partial charge is 0.383 e. The van der Waals surface area contributed by atoms with Gasteiger partial charge < -0.3 is 9.64 Å². The zero-order valence-electron chi connectivity index (χ0n) is 11.7. The Morgan fingerprint density at radius 1 is 1.31 bits per heavy atom. The zero-order valence-corrected chi connectivity index (χ0v) is 11.7. The van der Waals surface area contributed by atoms with Crippen LogP contribution in [0.15, 0.2) is 12.3 Å². The van der Waals surface area contributed by atoms with Crippen LogP contribution in [0.3, 0.4) is 0 Å². The lowest BCUT2D eigenvalue weighted by atomic mass is 9.72. The summed E-state index contributed by atoms with van der Waals surface area (Å²) in [5, 5.41) is 0. The van der Waals surface area contributed by atoms with E-state index in [4.69, 9.17) is 4.74 Å². The van der Waals surface area contributed by atoms with Crippen LogP contribution in [0.2, 0.25) is 0 Å². The summed E-state index contributed by atoms with van der Waals surface area (Å²) in [4.78, 5) is 2.46. The average molecular weight is 225 g/mol. The Labute approximate surface area is 101 Å². The molecule has 2 nitrogen and oxygen atoms in total. The minimum Gasteiger partial charge on any atom is -0.383 e. The molecule has 1 aliphatic heterocycles. The van der Waals surface area contributed by atoms with Crippen molar-refractivity contribution in [3.63, 3.8) is 0 Å². The van der Waals surface area contributed by atoms with Crippen LogP contribution in [0, 0.1) is 17.8 Å². The molecular formula is C14H27NO. The summed E-state index contributed by atoms with van der Waals surface area (Å²) in [7, 11) is 1.77. The van der Waals surface area contributed by atoms with Crippen molar-refractivity contribution in [3.05, 3.63) is 12.3 Å². The second-order valence-electron chi connectivity index (χ2n) is 5.68. The minimum absolute atomic E-state index is 0.243. The van der Waals surface area contributed by atoms with Crippen molar-refractivity contribution >= 4 is 0 Å². The van der Waals surface area contributed by atoms with Gasteiger partial charge in [-0.25, -0.2) is 0 Å². The molecule has 1 aliphatic rings. The van der Waals surface area contributed by atoms with E-state index in [-0.39, 0.29) is 5.54 Å². The molecule has 0 aliphatic carbocycles. The van der Waals surface area contributed by atoms with Gasteiger partial charge in [-0.05, 0) is 25.0 Å². The first-order valence-corrected chi connectivity index (χ1v) is 6.38. The molecule has 0 aromatic rings. The second-order valence-corrected chi connectivity index (χ2v) is 5.68. The minimum atomic E-state index is 0.243. The summed E-state index contributed by atoms with van der Waals surface area (Å²) in [6.07, 6.45) is 4.64. The SMILES string of the molecule is COCCN1C=CC(C(C)C)[C@]1(C)C(C)C. The fraction of sp³-hybridized carbons (Fsp3) is 0.857. The first kappa shape index (κ1) is 13.6. The van der Waals surface area contributed by atoms with Crippen LogP contribution < -0.4 is 0 Å². The Kier molecular flexibility index (Phi) is 4.43. The molecule has 0 aromatic carbocycles. The van der Waals surface area contributed by atoms with Crippen molar-refractivity contribution < 1.29 is 4.74 Å². The summed E-state index contributed by atoms with van der Waals surface area (Å²) in [5.74, 6) is 1.98. The van der Waals surface area contributed by atoms with Gasteiger partial charge in [0.25, 0.3) is 0 Å². The average Bonchev–Trinajstić information content (AvgIpc) is 2.54. The third-order valence-corrected chi connectivity index (χ3v) is 4.19. The van der Waals surface area contributed by atoms with Crippen molar-refractivity contribution in [2.45, 2.75) is 40.2 Å². The highest BCUT2D eigenvalue weighted by Gasteiger charge is 2.44. The highest BCUT2D eigenvalue weighted by atomic mass is 16.5. The first-order valence-electron chi connectivity index (χ1n) is 6.38. The van der Waals surface area contributed by atoms with E-state index < -0.39 is 0 Å². The number of rotatable bonds is 5. The number of hydrogen-bond donors (Lipinski definition) is 0. The second kappa shape index (κ2) is 5.22. The molecule has 94 valence electrons. The Hall–Kier alpha value is -0.500. The van der Waals surface area contributed by atoms with E-state index >= 15 is 0 Å². The fourth-order valence-corrected chi connectivity index (χ4v) is 2.86. The van der Waals surface area contributed by atoms with Crippen LogP contribution in [0.1, 0.15) is 34.6 Å². The predicted molar refractivity (Wildman–Crippen MR) is 69.3 cm³/mol. The monoisotopic (exact) mass is 225 g/mol. The van der Waals surface area contributed by atoms with Crippen molar-refractivity contribution in [2.24, 2.45) is 17.8 Å². The summed E-state index contributed by atoms with van der Waals surface area (Å²) in [6.45, 7) is 13.5. The van der Waals surface area contributed by atoms with Gasteiger partial charge in [0.05, 0.1) is 6.61 Å². The molecule has 2 atom stereocenters. The normalized spacial score (nSPS) is 29.8. The summed E-state index contributed by atoms with van der Waals surface area (Å²) in [5.41, 5.74) is 0.243. The Morgan fingerprint density at radius 3 is 2.38 bits per heavy atom. The molecule has 0 bridgehead atoms. The van der Waals surface area contributed by atoms with Crippen molar-refractivity contribution in [2.75, 3.05) is 20.3 Å². The van der Waals surface area contributed by atoms with Gasteiger partial charge in [-0.2, -0.15) is 0 Å². The lowest BCUT2D eigenvalue weighted by molar-refractivity contribution is 0.0463. The predicted octanol–water partition coefficient (Wildman–Crippen LogP) is 3.15. The lowest BCUT2D eigenvalue weighted by Gasteiger charge is -2.45. The molecule has 1 heterocycles. The standard InChI is InChI=1S/C14H27NO/c1-11(2)13-7-8-15(9-10-16-6)14(13,5)12(3)4/h7-8,11-13H,9-10H2,1-6H3/t13?,14-/m0/s1. The van der Waals surface area contributed by atoms with E-state index in [2.05, 4.69) is 51.8 Å². The van der Waals surface area contributed by atoms with Crippen LogP contribution in [0.5, 0.6) is 0 Å². The quantitative estimate of drug-likeness (QED) is 0.712. The Balaban J connectivity index is 2.84. The maximum absolute atomic E-state index is 5.20. The molecule has 1 rings (SSSR count). The Morgan fingerprint density at radius 2 is 1.94 bits per heavy atom. The summed E-state index contributed by atoms with van der Waals surface area (Å²) in [6, 6.07) is 0. The van der Waals surface area contributed by atoms with Gasteiger partial charge in [-0.3, -0.25) is 0 Å². The molecule has 1 unspecified atom stereocenters. The van der Waals surface area contributed by atoms with Crippen molar-refractivity contribution in [3.8, 4) is 0 Å². The van der Waals surface area contributed by atoms with Gasteiger partial charge in [0.15, 0.2) is 0 Å². The third kappa shape index (κ3) is 2.27. The van der Waals surface area contributed by atoms with Crippen molar-refractivity contribution in [1.82, 2.24) is 4.90 Å². The van der Waals surface area contributed by atoms with E-state index in [1.165, 1.54) is 0 Å². The summed E-state index contributed by atoms with van der Waals surface area (Å²) < 4.78 is 5.20. The van der Waals surface area contributed by atoms with E-state index in [9.17, 15) is 0 Å². The number of hydrogen-bond acceptors (Lipinski definition) is 2. The molecule has 2 heteroatoms. The number of methoxy groups -OCH3 is 1. The molecule has 0 N–H and O–H groups in total. The molecule has 0 saturated heterocycles. The molecule has 0 fully saturated rings. The van der Waals surface area contributed by atoms with E-state index in [0.717, 1.165) is 13.2 Å². The van der Waals surface area contributed by atoms with Crippen LogP contribution in [0.4, 0.5) is 0 Å². The molecule has 0 saturated carbocycles. The molecule has 0 radical (unpaired) electrons. The summed E-state index contributed by atoms with van der Waals surface area (Å²) >= 11 is 0. The van der Waals surface area contributed by atoms with E-state index in [0.29, 0.717) is 17.8 Å². The molecule has 0 aromatic heterocycles. The van der Waals surface area contributed by atoms with Gasteiger partial charge >= 0.3 is 0 Å². The van der Waals surface area contributed by atoms with E-state index in [1.807, 2.05) is 0 Å². The van der Waals surface area contributed by atoms with Gasteiger partial charge in [-0.15, -0.1) is 0 Å². The van der Waals surface area contributed by atoms with Crippen LogP contribution in [-0.2, 0) is 4.74 Å². The number of ether oxygens (including phenoxy) is 1. The van der Waals surface area contributed by atoms with Gasteiger partial charge in [0.1, 0.15) is 0 Å². The highest BCUT2D eigenvalue weighted by Crippen LogP contribution is 2.42. The van der Waals surface area contributed by atoms with E-state index in [1.54, 1.807) is 7.11 Å². The van der Waals surface area contributed by atoms with Crippen LogP contribution >= 0.6 is 0 Å². The fourth-order valence-electron chi connectivity index (χ4n) is 2.86. The molecule has 16 heavy (non-hydrogen) atoms. The topological polar surface area (TPSA) is 12.5 Å². The maximum Gasteiger partial charge on any atom is 0.0637 e. The molecular weight excluding hydrogens is 198 g/mol. The van der Waals surface area contributed by atoms with Gasteiger partial charge in [0.2, 0.25) is 0 Å². The lowest BCUT2D eigenvalue weighted by Crippen LogP contribution is -2.51. The molecule has 0 amide bonds. The number of nitrogens with zero attached hydrogens (tertiary/aromatic N) is 1. The zero-order chi connectivity index (χ0) is 12.3. The van der Waals surface area contributed by atoms with Crippen LogP contribution in [0.25, 0.3) is 0 Å². The van der Waals surface area contributed by atoms with Crippen molar-refractivity contribution in [1.29, 1.82) is 0 Å². The smallest absolute Gasteiger partial charge is 0.0637 e. The van der Waals surface area contributed by atoms with Crippen LogP contribution in [-0.4, -0.2) is 30.7 Å². The highest BCUT2D eigenvalue weighted by molar-refractivity contribution is 5.14. The Bertz CT molecular complexity index is 247. The van der Waals surface area contributed by atoms with Gasteiger partial charge in [0, 0.05) is 25.1 Å². The third-order valence-electron chi connectivity index (χ3n) is 4.19. The molecule has 0 spiro atoms. The van der Waals surface area contributed by atoms with Gasteiger partial charge in [-0.1, -0.05) is 33.8 Å².